The second-order valence-electron chi connectivity index (χ2n) is 8.60. The van der Waals surface area contributed by atoms with Crippen molar-refractivity contribution in [3.8, 4) is 11.4 Å². The lowest BCUT2D eigenvalue weighted by Crippen LogP contribution is -2.45. The quantitative estimate of drug-likeness (QED) is 0.771. The van der Waals surface area contributed by atoms with E-state index in [1.807, 2.05) is 31.2 Å². The molecule has 29 heavy (non-hydrogen) atoms. The predicted octanol–water partition coefficient (Wildman–Crippen LogP) is 4.10. The van der Waals surface area contributed by atoms with Gasteiger partial charge in [-0.05, 0) is 44.7 Å². The van der Waals surface area contributed by atoms with Gasteiger partial charge in [-0.2, -0.15) is 4.98 Å². The van der Waals surface area contributed by atoms with E-state index in [4.69, 9.17) is 4.52 Å². The zero-order valence-electron chi connectivity index (χ0n) is 17.4. The fourth-order valence-electron chi connectivity index (χ4n) is 4.60. The Hall–Kier alpha value is -2.21. The SMILES string of the molecule is Cc1ccccc1-c1noc(CN2CCCC(C(=O)NC3CCCCCC3)C2)n1. The summed E-state index contributed by atoms with van der Waals surface area (Å²) in [6.45, 7) is 4.38. The number of nitrogens with one attached hydrogen (secondary N) is 1. The van der Waals surface area contributed by atoms with Gasteiger partial charge in [-0.25, -0.2) is 0 Å². The van der Waals surface area contributed by atoms with Crippen LogP contribution in [0.4, 0.5) is 0 Å². The molecule has 1 saturated carbocycles. The molecule has 2 aromatic rings. The van der Waals surface area contributed by atoms with E-state index in [0.717, 1.165) is 49.9 Å². The Morgan fingerprint density at radius 2 is 1.93 bits per heavy atom. The smallest absolute Gasteiger partial charge is 0.241 e. The lowest BCUT2D eigenvalue weighted by molar-refractivity contribution is -0.127. The first-order valence-corrected chi connectivity index (χ1v) is 11.1. The highest BCUT2D eigenvalue weighted by atomic mass is 16.5. The molecule has 1 aliphatic carbocycles. The number of rotatable bonds is 5. The minimum absolute atomic E-state index is 0.0609. The first-order valence-electron chi connectivity index (χ1n) is 11.1. The van der Waals surface area contributed by atoms with E-state index in [-0.39, 0.29) is 11.8 Å². The number of likely N-dealkylation sites (tertiary alicyclic amines) is 1. The number of hydrogen-bond donors (Lipinski definition) is 1. The molecule has 0 radical (unpaired) electrons. The summed E-state index contributed by atoms with van der Waals surface area (Å²) < 4.78 is 5.50. The van der Waals surface area contributed by atoms with Crippen LogP contribution in [0.15, 0.2) is 28.8 Å². The molecule has 2 heterocycles. The molecule has 1 N–H and O–H groups in total. The Bertz CT molecular complexity index is 811. The third-order valence-electron chi connectivity index (χ3n) is 6.29. The van der Waals surface area contributed by atoms with Gasteiger partial charge in [0.2, 0.25) is 17.6 Å². The molecular formula is C23H32N4O2. The summed E-state index contributed by atoms with van der Waals surface area (Å²) in [6.07, 6.45) is 9.34. The van der Waals surface area contributed by atoms with Crippen LogP contribution in [0.1, 0.15) is 62.8 Å². The zero-order valence-corrected chi connectivity index (χ0v) is 17.4. The maximum Gasteiger partial charge on any atom is 0.241 e. The van der Waals surface area contributed by atoms with Crippen LogP contribution in [-0.2, 0) is 11.3 Å². The molecule has 1 aromatic heterocycles. The van der Waals surface area contributed by atoms with Crippen molar-refractivity contribution >= 4 is 5.91 Å². The molecule has 1 aromatic carbocycles. The van der Waals surface area contributed by atoms with Crippen molar-refractivity contribution in [2.45, 2.75) is 70.9 Å². The van der Waals surface area contributed by atoms with Crippen molar-refractivity contribution in [1.29, 1.82) is 0 Å². The van der Waals surface area contributed by atoms with Crippen LogP contribution in [0.3, 0.4) is 0 Å². The molecule has 1 saturated heterocycles. The van der Waals surface area contributed by atoms with Gasteiger partial charge >= 0.3 is 0 Å². The van der Waals surface area contributed by atoms with Crippen molar-refractivity contribution in [3.63, 3.8) is 0 Å². The number of nitrogens with zero attached hydrogens (tertiary/aromatic N) is 3. The van der Waals surface area contributed by atoms with Crippen LogP contribution in [0.5, 0.6) is 0 Å². The van der Waals surface area contributed by atoms with Gasteiger partial charge in [0.15, 0.2) is 0 Å². The molecule has 1 atom stereocenters. The molecule has 4 rings (SSSR count). The average molecular weight is 397 g/mol. The van der Waals surface area contributed by atoms with Crippen molar-refractivity contribution in [3.05, 3.63) is 35.7 Å². The summed E-state index contributed by atoms with van der Waals surface area (Å²) in [5.41, 5.74) is 2.13. The maximum atomic E-state index is 12.8. The number of piperidine rings is 1. The molecule has 0 bridgehead atoms. The second kappa shape index (κ2) is 9.53. The largest absolute Gasteiger partial charge is 0.353 e. The summed E-state index contributed by atoms with van der Waals surface area (Å²) >= 11 is 0. The van der Waals surface area contributed by atoms with E-state index in [0.29, 0.717) is 24.3 Å². The van der Waals surface area contributed by atoms with Crippen LogP contribution in [0.25, 0.3) is 11.4 Å². The lowest BCUT2D eigenvalue weighted by atomic mass is 9.96. The number of amides is 1. The fraction of sp³-hybridized carbons (Fsp3) is 0.609. The Morgan fingerprint density at radius 1 is 1.14 bits per heavy atom. The fourth-order valence-corrected chi connectivity index (χ4v) is 4.60. The summed E-state index contributed by atoms with van der Waals surface area (Å²) in [4.78, 5) is 19.7. The van der Waals surface area contributed by atoms with Crippen molar-refractivity contribution in [2.24, 2.45) is 5.92 Å². The van der Waals surface area contributed by atoms with E-state index >= 15 is 0 Å². The first kappa shape index (κ1) is 20.1. The van der Waals surface area contributed by atoms with Crippen molar-refractivity contribution < 1.29 is 9.32 Å². The van der Waals surface area contributed by atoms with Gasteiger partial charge < -0.3 is 9.84 Å². The summed E-state index contributed by atoms with van der Waals surface area (Å²) in [7, 11) is 0. The van der Waals surface area contributed by atoms with E-state index < -0.39 is 0 Å². The second-order valence-corrected chi connectivity index (χ2v) is 8.60. The molecule has 156 valence electrons. The highest BCUT2D eigenvalue weighted by Gasteiger charge is 2.28. The minimum Gasteiger partial charge on any atom is -0.353 e. The van der Waals surface area contributed by atoms with Gasteiger partial charge in [-0.15, -0.1) is 0 Å². The Morgan fingerprint density at radius 3 is 2.72 bits per heavy atom. The number of benzene rings is 1. The van der Waals surface area contributed by atoms with Crippen molar-refractivity contribution in [1.82, 2.24) is 20.4 Å². The normalized spacial score (nSPS) is 21.6. The van der Waals surface area contributed by atoms with Crippen LogP contribution in [0.2, 0.25) is 0 Å². The molecule has 1 aliphatic heterocycles. The summed E-state index contributed by atoms with van der Waals surface area (Å²) in [5, 5.41) is 7.49. The molecule has 2 fully saturated rings. The van der Waals surface area contributed by atoms with E-state index in [1.54, 1.807) is 0 Å². The van der Waals surface area contributed by atoms with Gasteiger partial charge in [0.25, 0.3) is 0 Å². The molecule has 0 spiro atoms. The average Bonchev–Trinajstić information content (AvgIpc) is 3.03. The zero-order chi connectivity index (χ0) is 20.1. The van der Waals surface area contributed by atoms with Gasteiger partial charge in [-0.1, -0.05) is 55.1 Å². The highest BCUT2D eigenvalue weighted by Crippen LogP contribution is 2.23. The predicted molar refractivity (Wildman–Crippen MR) is 112 cm³/mol. The van der Waals surface area contributed by atoms with Crippen LogP contribution in [0, 0.1) is 12.8 Å². The Kier molecular flexibility index (Phi) is 6.60. The van der Waals surface area contributed by atoms with Crippen molar-refractivity contribution in [2.75, 3.05) is 13.1 Å². The van der Waals surface area contributed by atoms with Gasteiger partial charge in [0, 0.05) is 18.2 Å². The standard InChI is InChI=1S/C23H32N4O2/c1-17-9-6-7-13-20(17)22-25-21(29-26-22)16-27-14-8-10-18(15-27)23(28)24-19-11-4-2-3-5-12-19/h6-7,9,13,18-19H,2-5,8,10-12,14-16H2,1H3,(H,24,28). The van der Waals surface area contributed by atoms with E-state index in [1.165, 1.54) is 25.7 Å². The summed E-state index contributed by atoms with van der Waals surface area (Å²) in [6, 6.07) is 8.42. The van der Waals surface area contributed by atoms with Crippen LogP contribution >= 0.6 is 0 Å². The molecule has 6 nitrogen and oxygen atoms in total. The number of carbonyl (C=O) groups is 1. The number of carbonyl (C=O) groups excluding carboxylic acids is 1. The van der Waals surface area contributed by atoms with E-state index in [9.17, 15) is 4.79 Å². The maximum absolute atomic E-state index is 12.8. The molecule has 2 aliphatic rings. The summed E-state index contributed by atoms with van der Waals surface area (Å²) in [5.74, 6) is 1.55. The Balaban J connectivity index is 1.33. The minimum atomic E-state index is 0.0609. The molecule has 1 unspecified atom stereocenters. The Labute approximate surface area is 173 Å². The van der Waals surface area contributed by atoms with Crippen LogP contribution in [-0.4, -0.2) is 40.1 Å². The van der Waals surface area contributed by atoms with Crippen LogP contribution < -0.4 is 5.32 Å². The number of aryl methyl sites for hydroxylation is 1. The highest BCUT2D eigenvalue weighted by molar-refractivity contribution is 5.79. The third kappa shape index (κ3) is 5.24. The lowest BCUT2D eigenvalue weighted by Gasteiger charge is -2.31. The molecule has 1 amide bonds. The van der Waals surface area contributed by atoms with Gasteiger partial charge in [0.05, 0.1) is 12.5 Å². The topological polar surface area (TPSA) is 71.3 Å². The van der Waals surface area contributed by atoms with Gasteiger partial charge in [-0.3, -0.25) is 9.69 Å². The number of hydrogen-bond acceptors (Lipinski definition) is 5. The van der Waals surface area contributed by atoms with E-state index in [2.05, 4.69) is 20.4 Å². The molecule has 6 heteroatoms. The monoisotopic (exact) mass is 396 g/mol. The molecular weight excluding hydrogens is 364 g/mol. The van der Waals surface area contributed by atoms with Gasteiger partial charge in [0.1, 0.15) is 0 Å². The third-order valence-corrected chi connectivity index (χ3v) is 6.29. The number of aromatic nitrogens is 2. The first-order chi connectivity index (χ1) is 14.2.